The third-order valence-corrected chi connectivity index (χ3v) is 4.11. The Morgan fingerprint density at radius 2 is 1.81 bits per heavy atom. The van der Waals surface area contributed by atoms with Gasteiger partial charge in [-0.3, -0.25) is 0 Å². The van der Waals surface area contributed by atoms with Crippen molar-refractivity contribution in [1.82, 2.24) is 0 Å². The van der Waals surface area contributed by atoms with Gasteiger partial charge in [0.25, 0.3) is 0 Å². The van der Waals surface area contributed by atoms with Crippen molar-refractivity contribution in [3.05, 3.63) is 65.5 Å². The van der Waals surface area contributed by atoms with E-state index in [0.717, 1.165) is 5.56 Å². The molecule has 0 atom stereocenters. The monoisotopic (exact) mass is 308 g/mol. The topological polar surface area (TPSA) is 43.4 Å². The minimum absolute atomic E-state index is 0.144. The Bertz CT molecular complexity index is 724. The highest BCUT2D eigenvalue weighted by atomic mass is 32.2. The molecule has 0 aliphatic rings. The first-order chi connectivity index (χ1) is 9.87. The van der Waals surface area contributed by atoms with Crippen LogP contribution in [0.5, 0.6) is 5.75 Å². The fourth-order valence-corrected chi connectivity index (χ4v) is 3.10. The van der Waals surface area contributed by atoms with Crippen LogP contribution in [0.3, 0.4) is 0 Å². The van der Waals surface area contributed by atoms with E-state index in [9.17, 15) is 12.8 Å². The summed E-state index contributed by atoms with van der Waals surface area (Å²) in [7, 11) is -3.83. The summed E-state index contributed by atoms with van der Waals surface area (Å²) in [5.74, 6) is -0.364. The van der Waals surface area contributed by atoms with Crippen molar-refractivity contribution in [2.75, 3.05) is 0 Å². The molecule has 2 aromatic rings. The second kappa shape index (κ2) is 6.26. The van der Waals surface area contributed by atoms with Crippen LogP contribution in [0.15, 0.2) is 48.5 Å². The Kier molecular flexibility index (Phi) is 4.63. The number of halogens is 1. The lowest BCUT2D eigenvalue weighted by atomic mass is 10.0. The van der Waals surface area contributed by atoms with Gasteiger partial charge in [0.1, 0.15) is 17.3 Å². The van der Waals surface area contributed by atoms with Gasteiger partial charge < -0.3 is 4.18 Å². The van der Waals surface area contributed by atoms with Gasteiger partial charge in [-0.15, -0.1) is 0 Å². The molecular formula is C16H17FO3S. The van der Waals surface area contributed by atoms with Crippen LogP contribution >= 0.6 is 0 Å². The van der Waals surface area contributed by atoms with E-state index in [4.69, 9.17) is 4.18 Å². The van der Waals surface area contributed by atoms with Gasteiger partial charge in [0.2, 0.25) is 0 Å². The van der Waals surface area contributed by atoms with Crippen LogP contribution in [-0.2, 0) is 15.9 Å². The molecule has 2 rings (SSSR count). The van der Waals surface area contributed by atoms with Crippen molar-refractivity contribution in [1.29, 1.82) is 0 Å². The maximum absolute atomic E-state index is 13.1. The van der Waals surface area contributed by atoms with Crippen molar-refractivity contribution in [2.45, 2.75) is 25.5 Å². The fourth-order valence-electron chi connectivity index (χ4n) is 2.03. The molecule has 0 saturated carbocycles. The normalized spacial score (nSPS) is 11.6. The highest BCUT2D eigenvalue weighted by Crippen LogP contribution is 2.27. The predicted octanol–water partition coefficient (Wildman–Crippen LogP) is 3.86. The average Bonchev–Trinajstić information content (AvgIpc) is 2.37. The zero-order valence-corrected chi connectivity index (χ0v) is 12.7. The molecule has 2 aromatic carbocycles. The molecule has 0 fully saturated rings. The van der Waals surface area contributed by atoms with Gasteiger partial charge in [-0.05, 0) is 35.2 Å². The summed E-state index contributed by atoms with van der Waals surface area (Å²) in [5.41, 5.74) is 1.18. The summed E-state index contributed by atoms with van der Waals surface area (Å²) < 4.78 is 42.5. The smallest absolute Gasteiger partial charge is 0.313 e. The maximum Gasteiger partial charge on any atom is 0.313 e. The average molecular weight is 308 g/mol. The lowest BCUT2D eigenvalue weighted by Crippen LogP contribution is -2.13. The zero-order chi connectivity index (χ0) is 15.5. The van der Waals surface area contributed by atoms with Gasteiger partial charge in [-0.1, -0.05) is 44.2 Å². The van der Waals surface area contributed by atoms with Crippen molar-refractivity contribution in [3.63, 3.8) is 0 Å². The molecule has 0 heterocycles. The minimum atomic E-state index is -3.83. The van der Waals surface area contributed by atoms with Crippen LogP contribution < -0.4 is 4.18 Å². The van der Waals surface area contributed by atoms with Gasteiger partial charge in [0.15, 0.2) is 0 Å². The third-order valence-electron chi connectivity index (χ3n) is 2.99. The van der Waals surface area contributed by atoms with Crippen molar-refractivity contribution >= 4 is 10.1 Å². The van der Waals surface area contributed by atoms with E-state index in [1.54, 1.807) is 18.2 Å². The van der Waals surface area contributed by atoms with Crippen LogP contribution in [0, 0.1) is 5.82 Å². The molecule has 0 N–H and O–H groups in total. The Hall–Kier alpha value is -1.88. The zero-order valence-electron chi connectivity index (χ0n) is 11.9. The van der Waals surface area contributed by atoms with Crippen LogP contribution in [-0.4, -0.2) is 8.42 Å². The largest absolute Gasteiger partial charge is 0.382 e. The van der Waals surface area contributed by atoms with E-state index in [1.165, 1.54) is 18.2 Å². The summed E-state index contributed by atoms with van der Waals surface area (Å²) in [5, 5.41) is 0. The van der Waals surface area contributed by atoms with Gasteiger partial charge in [-0.2, -0.15) is 8.42 Å². The Morgan fingerprint density at radius 3 is 2.48 bits per heavy atom. The third kappa shape index (κ3) is 4.29. The lowest BCUT2D eigenvalue weighted by Gasteiger charge is -2.13. The molecule has 0 spiro atoms. The Labute approximate surface area is 124 Å². The lowest BCUT2D eigenvalue weighted by molar-refractivity contribution is 0.480. The second-order valence-electron chi connectivity index (χ2n) is 5.11. The second-order valence-corrected chi connectivity index (χ2v) is 6.68. The first-order valence-electron chi connectivity index (χ1n) is 6.63. The highest BCUT2D eigenvalue weighted by molar-refractivity contribution is 7.86. The summed E-state index contributed by atoms with van der Waals surface area (Å²) in [6, 6.07) is 12.5. The molecule has 112 valence electrons. The predicted molar refractivity (Wildman–Crippen MR) is 80.2 cm³/mol. The van der Waals surface area contributed by atoms with Crippen molar-refractivity contribution in [3.8, 4) is 5.75 Å². The molecule has 0 bridgehead atoms. The summed E-state index contributed by atoms with van der Waals surface area (Å²) in [6.45, 7) is 3.92. The molecule has 0 saturated heterocycles. The van der Waals surface area contributed by atoms with E-state index < -0.39 is 15.9 Å². The van der Waals surface area contributed by atoms with Crippen molar-refractivity contribution < 1.29 is 17.0 Å². The number of para-hydroxylation sites is 1. The summed E-state index contributed by atoms with van der Waals surface area (Å²) in [6.07, 6.45) is 0. The van der Waals surface area contributed by atoms with Crippen LogP contribution in [0.1, 0.15) is 30.9 Å². The van der Waals surface area contributed by atoms with Crippen molar-refractivity contribution in [2.24, 2.45) is 0 Å². The molecular weight excluding hydrogens is 291 g/mol. The molecule has 21 heavy (non-hydrogen) atoms. The minimum Gasteiger partial charge on any atom is -0.382 e. The number of hydrogen-bond acceptors (Lipinski definition) is 3. The van der Waals surface area contributed by atoms with Crippen LogP contribution in [0.2, 0.25) is 0 Å². The molecule has 0 aromatic heterocycles. The van der Waals surface area contributed by atoms with Gasteiger partial charge in [0.05, 0.1) is 0 Å². The van der Waals surface area contributed by atoms with Gasteiger partial charge >= 0.3 is 10.1 Å². The van der Waals surface area contributed by atoms with Crippen LogP contribution in [0.4, 0.5) is 4.39 Å². The Morgan fingerprint density at radius 1 is 1.10 bits per heavy atom. The van der Waals surface area contributed by atoms with Gasteiger partial charge in [0, 0.05) is 0 Å². The van der Waals surface area contributed by atoms with E-state index in [-0.39, 0.29) is 11.7 Å². The fraction of sp³-hybridized carbons (Fsp3) is 0.250. The SMILES string of the molecule is CC(C)c1ccccc1OS(=O)(=O)Cc1cccc(F)c1. The number of benzene rings is 2. The summed E-state index contributed by atoms with van der Waals surface area (Å²) >= 11 is 0. The van der Waals surface area contributed by atoms with E-state index in [1.807, 2.05) is 26.0 Å². The molecule has 5 heteroatoms. The molecule has 0 aliphatic carbocycles. The number of rotatable bonds is 5. The first kappa shape index (κ1) is 15.5. The van der Waals surface area contributed by atoms with Gasteiger partial charge in [-0.25, -0.2) is 4.39 Å². The Balaban J connectivity index is 2.22. The molecule has 0 aliphatic heterocycles. The maximum atomic E-state index is 13.1. The molecule has 0 radical (unpaired) electrons. The number of hydrogen-bond donors (Lipinski definition) is 0. The molecule has 0 amide bonds. The standard InChI is InChI=1S/C16H17FO3S/c1-12(2)15-8-3-4-9-16(15)20-21(18,19)11-13-6-5-7-14(17)10-13/h3-10,12H,11H2,1-2H3. The molecule has 3 nitrogen and oxygen atoms in total. The molecule has 0 unspecified atom stereocenters. The van der Waals surface area contributed by atoms with Crippen LogP contribution in [0.25, 0.3) is 0 Å². The van der Waals surface area contributed by atoms with E-state index in [2.05, 4.69) is 0 Å². The summed E-state index contributed by atoms with van der Waals surface area (Å²) in [4.78, 5) is 0. The van der Waals surface area contributed by atoms with E-state index in [0.29, 0.717) is 11.3 Å². The quantitative estimate of drug-likeness (QED) is 0.788. The highest BCUT2D eigenvalue weighted by Gasteiger charge is 2.17. The van der Waals surface area contributed by atoms with E-state index >= 15 is 0 Å². The first-order valence-corrected chi connectivity index (χ1v) is 8.20.